The number of carboxylic acids is 1. The van der Waals surface area contributed by atoms with E-state index in [0.29, 0.717) is 16.9 Å². The summed E-state index contributed by atoms with van der Waals surface area (Å²) in [5.41, 5.74) is 0.361. The van der Waals surface area contributed by atoms with Gasteiger partial charge in [0.25, 0.3) is 0 Å². The van der Waals surface area contributed by atoms with Gasteiger partial charge in [0.1, 0.15) is 0 Å². The van der Waals surface area contributed by atoms with Crippen molar-refractivity contribution in [2.45, 2.75) is 25.7 Å². The number of hydrogen-bond acceptors (Lipinski definition) is 2. The van der Waals surface area contributed by atoms with Crippen LogP contribution in [0.15, 0.2) is 22.7 Å². The van der Waals surface area contributed by atoms with E-state index in [2.05, 4.69) is 26.6 Å². The Hall–Kier alpha value is -1.56. The highest BCUT2D eigenvalue weighted by atomic mass is 79.9. The highest BCUT2D eigenvalue weighted by molar-refractivity contribution is 9.10. The average Bonchev–Trinajstić information content (AvgIpc) is 2.89. The minimum Gasteiger partial charge on any atom is -0.478 e. The Morgan fingerprint density at radius 1 is 1.30 bits per heavy atom. The first-order valence-electron chi connectivity index (χ1n) is 6.64. The molecule has 1 aliphatic rings. The summed E-state index contributed by atoms with van der Waals surface area (Å²) in [7, 11) is 0. The fourth-order valence-electron chi connectivity index (χ4n) is 2.42. The maximum absolute atomic E-state index is 11.8. The van der Waals surface area contributed by atoms with Gasteiger partial charge in [-0.15, -0.1) is 0 Å². The predicted molar refractivity (Wildman–Crippen MR) is 80.1 cm³/mol. The molecule has 0 aromatic heterocycles. The van der Waals surface area contributed by atoms with E-state index < -0.39 is 5.97 Å². The molecule has 1 fully saturated rings. The maximum Gasteiger partial charge on any atom is 0.337 e. The molecular weight excluding hydrogens is 324 g/mol. The standard InChI is InChI=1S/C14H17BrN2O3/c15-10-5-6-11(13(18)19)12(7-10)17-14(20)16-8-9-3-1-2-4-9/h5-7,9H,1-4,8H2,(H,18,19)(H2,16,17,20). The molecule has 6 heteroatoms. The van der Waals surface area contributed by atoms with Gasteiger partial charge in [-0.25, -0.2) is 9.59 Å². The number of aromatic carboxylic acids is 1. The van der Waals surface area contributed by atoms with Crippen LogP contribution in [0.25, 0.3) is 0 Å². The number of nitrogens with one attached hydrogen (secondary N) is 2. The van der Waals surface area contributed by atoms with Crippen molar-refractivity contribution in [3.05, 3.63) is 28.2 Å². The first-order chi connectivity index (χ1) is 9.56. The molecule has 1 aromatic rings. The number of hydrogen-bond donors (Lipinski definition) is 3. The summed E-state index contributed by atoms with van der Waals surface area (Å²) in [6.45, 7) is 0.641. The predicted octanol–water partition coefficient (Wildman–Crippen LogP) is 3.46. The van der Waals surface area contributed by atoms with Gasteiger partial charge in [-0.05, 0) is 37.0 Å². The van der Waals surface area contributed by atoms with Gasteiger partial charge >= 0.3 is 12.0 Å². The summed E-state index contributed by atoms with van der Waals surface area (Å²) in [6.07, 6.45) is 4.75. The van der Waals surface area contributed by atoms with E-state index in [4.69, 9.17) is 5.11 Å². The van der Waals surface area contributed by atoms with Gasteiger partial charge in [0, 0.05) is 11.0 Å². The molecule has 2 amide bonds. The van der Waals surface area contributed by atoms with Crippen LogP contribution < -0.4 is 10.6 Å². The van der Waals surface area contributed by atoms with Crippen LogP contribution in [0, 0.1) is 5.92 Å². The molecule has 0 aliphatic heterocycles. The first-order valence-corrected chi connectivity index (χ1v) is 7.43. The van der Waals surface area contributed by atoms with Crippen LogP contribution >= 0.6 is 15.9 Å². The maximum atomic E-state index is 11.8. The lowest BCUT2D eigenvalue weighted by molar-refractivity contribution is 0.0698. The van der Waals surface area contributed by atoms with Crippen molar-refractivity contribution in [3.63, 3.8) is 0 Å². The molecule has 0 heterocycles. The summed E-state index contributed by atoms with van der Waals surface area (Å²) in [5, 5.41) is 14.5. The smallest absolute Gasteiger partial charge is 0.337 e. The van der Waals surface area contributed by atoms with Crippen LogP contribution in [0.2, 0.25) is 0 Å². The van der Waals surface area contributed by atoms with E-state index in [-0.39, 0.29) is 17.3 Å². The second kappa shape index (κ2) is 6.74. The Kier molecular flexibility index (Phi) is 5.00. The van der Waals surface area contributed by atoms with Gasteiger partial charge in [-0.1, -0.05) is 28.8 Å². The minimum atomic E-state index is -1.07. The van der Waals surface area contributed by atoms with Crippen molar-refractivity contribution >= 4 is 33.6 Å². The molecule has 1 aliphatic carbocycles. The fourth-order valence-corrected chi connectivity index (χ4v) is 2.79. The van der Waals surface area contributed by atoms with Crippen molar-refractivity contribution in [3.8, 4) is 0 Å². The van der Waals surface area contributed by atoms with Crippen molar-refractivity contribution < 1.29 is 14.7 Å². The lowest BCUT2D eigenvalue weighted by Crippen LogP contribution is -2.32. The second-order valence-corrected chi connectivity index (χ2v) is 5.90. The number of halogens is 1. The van der Waals surface area contributed by atoms with E-state index in [1.807, 2.05) is 0 Å². The van der Waals surface area contributed by atoms with Crippen LogP contribution in [0.4, 0.5) is 10.5 Å². The molecule has 0 atom stereocenters. The molecule has 0 unspecified atom stereocenters. The number of benzene rings is 1. The van der Waals surface area contributed by atoms with E-state index in [0.717, 1.165) is 12.8 Å². The first kappa shape index (κ1) is 14.8. The Labute approximate surface area is 125 Å². The largest absolute Gasteiger partial charge is 0.478 e. The van der Waals surface area contributed by atoms with Gasteiger partial charge in [-0.2, -0.15) is 0 Å². The molecule has 3 N–H and O–H groups in total. The van der Waals surface area contributed by atoms with E-state index >= 15 is 0 Å². The number of carboxylic acid groups (broad SMARTS) is 1. The number of urea groups is 1. The highest BCUT2D eigenvalue weighted by Crippen LogP contribution is 2.24. The Bertz CT molecular complexity index is 513. The number of carbonyl (C=O) groups excluding carboxylic acids is 1. The Morgan fingerprint density at radius 3 is 2.65 bits per heavy atom. The molecule has 108 valence electrons. The molecule has 20 heavy (non-hydrogen) atoms. The third kappa shape index (κ3) is 3.96. The SMILES string of the molecule is O=C(NCC1CCCC1)Nc1cc(Br)ccc1C(=O)O. The third-order valence-corrected chi connectivity index (χ3v) is 3.98. The highest BCUT2D eigenvalue weighted by Gasteiger charge is 2.17. The normalized spacial score (nSPS) is 15.1. The van der Waals surface area contributed by atoms with E-state index in [1.54, 1.807) is 12.1 Å². The van der Waals surface area contributed by atoms with Crippen LogP contribution in [-0.4, -0.2) is 23.7 Å². The van der Waals surface area contributed by atoms with Gasteiger partial charge in [0.05, 0.1) is 11.3 Å². The number of rotatable bonds is 4. The lowest BCUT2D eigenvalue weighted by Gasteiger charge is -2.13. The topological polar surface area (TPSA) is 78.4 Å². The second-order valence-electron chi connectivity index (χ2n) is 4.98. The molecule has 0 spiro atoms. The summed E-state index contributed by atoms with van der Waals surface area (Å²) in [4.78, 5) is 22.9. The van der Waals surface area contributed by atoms with Gasteiger partial charge in [0.2, 0.25) is 0 Å². The van der Waals surface area contributed by atoms with Crippen LogP contribution in [0.5, 0.6) is 0 Å². The average molecular weight is 341 g/mol. The van der Waals surface area contributed by atoms with Gasteiger partial charge in [-0.3, -0.25) is 0 Å². The summed E-state index contributed by atoms with van der Waals surface area (Å²) in [6, 6.07) is 4.31. The molecule has 0 bridgehead atoms. The quantitative estimate of drug-likeness (QED) is 0.785. The summed E-state index contributed by atoms with van der Waals surface area (Å²) >= 11 is 3.26. The lowest BCUT2D eigenvalue weighted by atomic mass is 10.1. The molecule has 0 radical (unpaired) electrons. The van der Waals surface area contributed by atoms with Crippen molar-refractivity contribution in [1.82, 2.24) is 5.32 Å². The van der Waals surface area contributed by atoms with Crippen molar-refractivity contribution in [2.75, 3.05) is 11.9 Å². The zero-order valence-corrected chi connectivity index (χ0v) is 12.6. The summed E-state index contributed by atoms with van der Waals surface area (Å²) < 4.78 is 0.716. The van der Waals surface area contributed by atoms with Gasteiger partial charge < -0.3 is 15.7 Å². The van der Waals surface area contributed by atoms with Crippen LogP contribution in [0.3, 0.4) is 0 Å². The molecule has 2 rings (SSSR count). The number of carbonyl (C=O) groups is 2. The third-order valence-electron chi connectivity index (χ3n) is 3.49. The molecule has 5 nitrogen and oxygen atoms in total. The monoisotopic (exact) mass is 340 g/mol. The van der Waals surface area contributed by atoms with Crippen molar-refractivity contribution in [2.24, 2.45) is 5.92 Å². The zero-order chi connectivity index (χ0) is 14.5. The Morgan fingerprint density at radius 2 is 2.00 bits per heavy atom. The van der Waals surface area contributed by atoms with Crippen LogP contribution in [0.1, 0.15) is 36.0 Å². The van der Waals surface area contributed by atoms with Crippen molar-refractivity contribution in [1.29, 1.82) is 0 Å². The van der Waals surface area contributed by atoms with E-state index in [1.165, 1.54) is 18.9 Å². The molecule has 0 saturated heterocycles. The number of anilines is 1. The molecule has 1 aromatic carbocycles. The summed E-state index contributed by atoms with van der Waals surface area (Å²) in [5.74, 6) is -0.522. The number of amides is 2. The van der Waals surface area contributed by atoms with E-state index in [9.17, 15) is 9.59 Å². The van der Waals surface area contributed by atoms with Gasteiger partial charge in [0.15, 0.2) is 0 Å². The molecule has 1 saturated carbocycles. The van der Waals surface area contributed by atoms with Crippen LogP contribution in [-0.2, 0) is 0 Å². The minimum absolute atomic E-state index is 0.0733. The Balaban J connectivity index is 1.96. The zero-order valence-electron chi connectivity index (χ0n) is 11.0. The molecular formula is C14H17BrN2O3. The fraction of sp³-hybridized carbons (Fsp3) is 0.429.